The maximum absolute atomic E-state index is 13.4. The number of fused-ring (bicyclic) bond motifs is 4. The molecule has 0 saturated heterocycles. The third-order valence-corrected chi connectivity index (χ3v) is 5.48. The molecule has 0 unspecified atom stereocenters. The van der Waals surface area contributed by atoms with Gasteiger partial charge in [0, 0.05) is 33.1 Å². The van der Waals surface area contributed by atoms with Crippen molar-refractivity contribution in [2.45, 2.75) is 32.6 Å². The Balaban J connectivity index is 2.07. The molecule has 126 valence electrons. The molecular weight excluding hydrogens is 320 g/mol. The topological polar surface area (TPSA) is 56.6 Å². The zero-order valence-corrected chi connectivity index (χ0v) is 15.0. The normalized spacial score (nSPS) is 14.4. The maximum atomic E-state index is 13.4. The van der Waals surface area contributed by atoms with Gasteiger partial charge in [-0.25, -0.2) is 0 Å². The van der Waals surface area contributed by atoms with E-state index in [4.69, 9.17) is 11.7 Å². The molecule has 1 aliphatic carbocycles. The van der Waals surface area contributed by atoms with Gasteiger partial charge >= 0.3 is 0 Å². The first-order chi connectivity index (χ1) is 12.4. The van der Waals surface area contributed by atoms with Crippen molar-refractivity contribution in [3.63, 3.8) is 0 Å². The van der Waals surface area contributed by atoms with Crippen molar-refractivity contribution < 1.29 is 4.79 Å². The number of ketones is 1. The average molecular weight is 338 g/mol. The molecule has 26 heavy (non-hydrogen) atoms. The highest BCUT2D eigenvalue weighted by molar-refractivity contribution is 6.20. The Morgan fingerprint density at radius 1 is 1.23 bits per heavy atom. The monoisotopic (exact) mass is 338 g/mol. The Kier molecular flexibility index (Phi) is 3.33. The summed E-state index contributed by atoms with van der Waals surface area (Å²) >= 11 is 0. The van der Waals surface area contributed by atoms with E-state index in [1.165, 1.54) is 0 Å². The quantitative estimate of drug-likeness (QED) is 0.666. The number of H-pyrrole nitrogens is 1. The lowest BCUT2D eigenvalue weighted by Crippen LogP contribution is -2.30. The number of carbonyl (C=O) groups excluding carboxylic acids is 1. The number of carbonyl (C=O) groups is 1. The van der Waals surface area contributed by atoms with Crippen LogP contribution in [0.25, 0.3) is 10.9 Å². The van der Waals surface area contributed by atoms with Crippen molar-refractivity contribution in [3.05, 3.63) is 69.4 Å². The fraction of sp³-hybridized carbons (Fsp3) is 0.217. The number of benzene rings is 2. The van der Waals surface area contributed by atoms with Gasteiger partial charge in [-0.1, -0.05) is 32.8 Å². The molecule has 2 aromatic carbocycles. The van der Waals surface area contributed by atoms with E-state index in [-0.39, 0.29) is 11.2 Å². The van der Waals surface area contributed by atoms with Crippen LogP contribution in [0.5, 0.6) is 0 Å². The molecule has 4 rings (SSSR count). The van der Waals surface area contributed by atoms with Crippen LogP contribution < -0.4 is 0 Å². The largest absolute Gasteiger partial charge is 0.357 e. The van der Waals surface area contributed by atoms with Crippen LogP contribution in [0.15, 0.2) is 30.3 Å². The molecule has 0 saturated carbocycles. The highest BCUT2D eigenvalue weighted by atomic mass is 16.1. The molecule has 3 heteroatoms. The Bertz CT molecular complexity index is 1180. The second-order valence-corrected chi connectivity index (χ2v) is 7.25. The van der Waals surface area contributed by atoms with Gasteiger partial charge in [-0.2, -0.15) is 5.26 Å². The van der Waals surface area contributed by atoms with Crippen molar-refractivity contribution in [2.75, 3.05) is 0 Å². The van der Waals surface area contributed by atoms with Crippen LogP contribution in [0.2, 0.25) is 0 Å². The second kappa shape index (κ2) is 5.35. The number of aromatic nitrogens is 1. The number of nitrogens with one attached hydrogen (secondary N) is 1. The summed E-state index contributed by atoms with van der Waals surface area (Å²) in [6, 6.07) is 11.5. The summed E-state index contributed by atoms with van der Waals surface area (Å²) in [6.07, 6.45) is 6.48. The minimum atomic E-state index is -0.387. The van der Waals surface area contributed by atoms with Crippen LogP contribution in [-0.4, -0.2) is 10.8 Å². The molecular formula is C23H18N2O. The molecule has 3 aromatic rings. The molecule has 0 radical (unpaired) electrons. The van der Waals surface area contributed by atoms with Crippen LogP contribution in [-0.2, 0) is 11.8 Å². The molecule has 0 bridgehead atoms. The van der Waals surface area contributed by atoms with Crippen LogP contribution in [0.3, 0.4) is 0 Å². The Morgan fingerprint density at radius 3 is 2.65 bits per heavy atom. The third-order valence-electron chi connectivity index (χ3n) is 5.48. The predicted octanol–water partition coefficient (Wildman–Crippen LogP) is 4.45. The fourth-order valence-electron chi connectivity index (χ4n) is 4.02. The molecule has 0 amide bonds. The molecule has 3 nitrogen and oxygen atoms in total. The summed E-state index contributed by atoms with van der Waals surface area (Å²) in [5.41, 5.74) is 6.13. The molecule has 1 aromatic heterocycles. The molecule has 0 spiro atoms. The van der Waals surface area contributed by atoms with Crippen LogP contribution in [0.4, 0.5) is 0 Å². The Morgan fingerprint density at radius 2 is 2.00 bits per heavy atom. The lowest BCUT2D eigenvalue weighted by atomic mass is 9.70. The van der Waals surface area contributed by atoms with E-state index in [1.54, 1.807) is 12.1 Å². The van der Waals surface area contributed by atoms with Gasteiger partial charge in [0.05, 0.1) is 17.2 Å². The van der Waals surface area contributed by atoms with Gasteiger partial charge in [0.15, 0.2) is 5.78 Å². The van der Waals surface area contributed by atoms with E-state index >= 15 is 0 Å². The van der Waals surface area contributed by atoms with Gasteiger partial charge in [0.2, 0.25) is 0 Å². The summed E-state index contributed by atoms with van der Waals surface area (Å²) in [6.45, 7) is 6.24. The summed E-state index contributed by atoms with van der Waals surface area (Å²) in [5, 5.41) is 10.0. The van der Waals surface area contributed by atoms with E-state index in [0.29, 0.717) is 11.1 Å². The summed E-state index contributed by atoms with van der Waals surface area (Å²) in [5.74, 6) is 2.77. The van der Waals surface area contributed by atoms with Crippen molar-refractivity contribution >= 4 is 16.7 Å². The van der Waals surface area contributed by atoms with Crippen molar-refractivity contribution in [2.24, 2.45) is 0 Å². The van der Waals surface area contributed by atoms with Gasteiger partial charge in [-0.05, 0) is 41.8 Å². The first-order valence-corrected chi connectivity index (χ1v) is 8.67. The number of hydrogen-bond donors (Lipinski definition) is 1. The van der Waals surface area contributed by atoms with E-state index in [9.17, 15) is 4.79 Å². The van der Waals surface area contributed by atoms with Crippen LogP contribution in [0, 0.1) is 23.7 Å². The zero-order chi connectivity index (χ0) is 18.6. The predicted molar refractivity (Wildman–Crippen MR) is 102 cm³/mol. The van der Waals surface area contributed by atoms with Gasteiger partial charge in [0.1, 0.15) is 0 Å². The van der Waals surface area contributed by atoms with Gasteiger partial charge in [-0.15, -0.1) is 6.42 Å². The number of hydrogen-bond acceptors (Lipinski definition) is 2. The van der Waals surface area contributed by atoms with Crippen molar-refractivity contribution in [1.29, 1.82) is 5.26 Å². The summed E-state index contributed by atoms with van der Waals surface area (Å²) < 4.78 is 0. The van der Waals surface area contributed by atoms with Crippen molar-refractivity contribution in [3.8, 4) is 18.4 Å². The smallest absolute Gasteiger partial charge is 0.195 e. The number of aromatic amines is 1. The minimum absolute atomic E-state index is 0.0172. The SMILES string of the molecule is C#Cc1cc2c(cc1CC)C(=O)c1c([nH]c3cc(C#N)ccc13)C2(C)C. The van der Waals surface area contributed by atoms with Crippen LogP contribution >= 0.6 is 0 Å². The summed E-state index contributed by atoms with van der Waals surface area (Å²) in [7, 11) is 0. The lowest BCUT2D eigenvalue weighted by Gasteiger charge is -2.32. The highest BCUT2D eigenvalue weighted by Crippen LogP contribution is 2.44. The molecule has 0 aliphatic heterocycles. The lowest BCUT2D eigenvalue weighted by molar-refractivity contribution is 0.103. The Labute approximate surface area is 152 Å². The molecule has 0 atom stereocenters. The number of nitriles is 1. The third kappa shape index (κ3) is 1.98. The van der Waals surface area contributed by atoms with E-state index < -0.39 is 0 Å². The molecule has 1 N–H and O–H groups in total. The average Bonchev–Trinajstić information content (AvgIpc) is 3.05. The standard InChI is InChI=1S/C23H18N2O/c1-5-14-10-17-18(11-15(14)6-2)23(3,4)22-20(21(17)26)16-8-7-13(12-24)9-19(16)25-22/h2,7-11,25H,5H2,1,3-4H3. The number of rotatable bonds is 1. The highest BCUT2D eigenvalue weighted by Gasteiger charge is 2.40. The first-order valence-electron chi connectivity index (χ1n) is 8.67. The van der Waals surface area contributed by atoms with Gasteiger partial charge < -0.3 is 4.98 Å². The maximum Gasteiger partial charge on any atom is 0.195 e. The second-order valence-electron chi connectivity index (χ2n) is 7.25. The van der Waals surface area contributed by atoms with E-state index in [0.717, 1.165) is 45.3 Å². The van der Waals surface area contributed by atoms with E-state index in [2.05, 4.69) is 30.8 Å². The number of terminal acetylenes is 1. The number of nitrogens with zero attached hydrogens (tertiary/aromatic N) is 1. The Hall–Kier alpha value is -3.30. The zero-order valence-electron chi connectivity index (χ0n) is 15.0. The number of aryl methyl sites for hydroxylation is 1. The summed E-state index contributed by atoms with van der Waals surface area (Å²) in [4.78, 5) is 16.8. The molecule has 0 fully saturated rings. The fourth-order valence-corrected chi connectivity index (χ4v) is 4.02. The van der Waals surface area contributed by atoms with Gasteiger partial charge in [-0.3, -0.25) is 4.79 Å². The van der Waals surface area contributed by atoms with Crippen molar-refractivity contribution in [1.82, 2.24) is 4.98 Å². The van der Waals surface area contributed by atoms with E-state index in [1.807, 2.05) is 25.1 Å². The van der Waals surface area contributed by atoms with Gasteiger partial charge in [0.25, 0.3) is 0 Å². The molecule has 1 heterocycles. The minimum Gasteiger partial charge on any atom is -0.357 e. The first kappa shape index (κ1) is 16.2. The molecule has 1 aliphatic rings. The van der Waals surface area contributed by atoms with Crippen LogP contribution in [0.1, 0.15) is 64.6 Å².